The number of aryl methyl sites for hydroxylation is 1. The molecule has 1 amide bonds. The molecule has 0 aromatic heterocycles. The van der Waals surface area contributed by atoms with E-state index in [1.165, 1.54) is 5.56 Å². The van der Waals surface area contributed by atoms with E-state index in [0.717, 1.165) is 5.56 Å². The third kappa shape index (κ3) is 3.21. The molecule has 0 spiro atoms. The Hall–Kier alpha value is -1.61. The predicted molar refractivity (Wildman–Crippen MR) is 65.8 cm³/mol. The molecule has 0 unspecified atom stereocenters. The van der Waals surface area contributed by atoms with Crippen LogP contribution in [0.4, 0.5) is 0 Å². The number of hydrogen-bond acceptors (Lipinski definition) is 2. The molecule has 2 N–H and O–H groups in total. The van der Waals surface area contributed by atoms with Crippen LogP contribution in [0.1, 0.15) is 11.1 Å². The second kappa shape index (κ2) is 6.08. The molecule has 0 fully saturated rings. The number of amides is 1. The zero-order valence-corrected chi connectivity index (χ0v) is 9.65. The van der Waals surface area contributed by atoms with E-state index in [4.69, 9.17) is 5.73 Å². The monoisotopic (exact) mass is 218 g/mol. The fraction of sp³-hybridized carbons (Fsp3) is 0.308. The molecule has 0 saturated carbocycles. The van der Waals surface area contributed by atoms with Crippen LogP contribution in [-0.4, -0.2) is 23.9 Å². The van der Waals surface area contributed by atoms with Gasteiger partial charge in [0, 0.05) is 13.1 Å². The molecule has 0 bridgehead atoms. The van der Waals surface area contributed by atoms with Crippen LogP contribution in [0.2, 0.25) is 0 Å². The van der Waals surface area contributed by atoms with E-state index in [-0.39, 0.29) is 12.5 Å². The Kier molecular flexibility index (Phi) is 4.73. The highest BCUT2D eigenvalue weighted by Crippen LogP contribution is 2.10. The summed E-state index contributed by atoms with van der Waals surface area (Å²) in [5.41, 5.74) is 7.70. The highest BCUT2D eigenvalue weighted by atomic mass is 16.2. The van der Waals surface area contributed by atoms with Crippen molar-refractivity contribution in [2.45, 2.75) is 13.5 Å². The van der Waals surface area contributed by atoms with Crippen LogP contribution in [0.3, 0.4) is 0 Å². The van der Waals surface area contributed by atoms with Crippen LogP contribution in [0.5, 0.6) is 0 Å². The van der Waals surface area contributed by atoms with Crippen molar-refractivity contribution in [1.82, 2.24) is 4.90 Å². The molecule has 0 heterocycles. The van der Waals surface area contributed by atoms with E-state index in [1.54, 1.807) is 11.0 Å². The number of nitrogens with two attached hydrogens (primary N) is 1. The number of benzene rings is 1. The normalized spacial score (nSPS) is 9.88. The van der Waals surface area contributed by atoms with Gasteiger partial charge in [-0.15, -0.1) is 6.58 Å². The quantitative estimate of drug-likeness (QED) is 0.761. The van der Waals surface area contributed by atoms with Gasteiger partial charge in [0.2, 0.25) is 5.91 Å². The molecule has 1 rings (SSSR count). The maximum Gasteiger partial charge on any atom is 0.236 e. The summed E-state index contributed by atoms with van der Waals surface area (Å²) in [5, 5.41) is 0. The first-order chi connectivity index (χ1) is 7.69. The van der Waals surface area contributed by atoms with E-state index in [0.29, 0.717) is 13.1 Å². The summed E-state index contributed by atoms with van der Waals surface area (Å²) < 4.78 is 0. The second-order valence-corrected chi connectivity index (χ2v) is 3.69. The first kappa shape index (κ1) is 12.5. The lowest BCUT2D eigenvalue weighted by atomic mass is 10.1. The molecular weight excluding hydrogens is 200 g/mol. The number of carbonyl (C=O) groups is 1. The summed E-state index contributed by atoms with van der Waals surface area (Å²) >= 11 is 0. The Labute approximate surface area is 96.6 Å². The van der Waals surface area contributed by atoms with Crippen molar-refractivity contribution >= 4 is 5.91 Å². The first-order valence-electron chi connectivity index (χ1n) is 5.32. The van der Waals surface area contributed by atoms with Crippen LogP contribution in [0, 0.1) is 6.92 Å². The minimum absolute atomic E-state index is 0.0414. The van der Waals surface area contributed by atoms with Crippen molar-refractivity contribution < 1.29 is 4.79 Å². The Morgan fingerprint density at radius 3 is 2.75 bits per heavy atom. The number of rotatable bonds is 5. The highest BCUT2D eigenvalue weighted by molar-refractivity contribution is 5.78. The summed E-state index contributed by atoms with van der Waals surface area (Å²) in [4.78, 5) is 13.3. The van der Waals surface area contributed by atoms with E-state index in [2.05, 4.69) is 6.58 Å². The number of carbonyl (C=O) groups excluding carboxylic acids is 1. The lowest BCUT2D eigenvalue weighted by Gasteiger charge is -2.21. The van der Waals surface area contributed by atoms with E-state index < -0.39 is 0 Å². The smallest absolute Gasteiger partial charge is 0.236 e. The fourth-order valence-corrected chi connectivity index (χ4v) is 1.53. The van der Waals surface area contributed by atoms with Crippen molar-refractivity contribution in [2.75, 3.05) is 13.1 Å². The summed E-state index contributed by atoms with van der Waals surface area (Å²) in [7, 11) is 0. The van der Waals surface area contributed by atoms with Gasteiger partial charge >= 0.3 is 0 Å². The van der Waals surface area contributed by atoms with Gasteiger partial charge in [-0.3, -0.25) is 4.79 Å². The van der Waals surface area contributed by atoms with Gasteiger partial charge in [0.05, 0.1) is 6.54 Å². The summed E-state index contributed by atoms with van der Waals surface area (Å²) in [6.07, 6.45) is 1.71. The van der Waals surface area contributed by atoms with Crippen molar-refractivity contribution in [1.29, 1.82) is 0 Å². The highest BCUT2D eigenvalue weighted by Gasteiger charge is 2.11. The third-order valence-corrected chi connectivity index (χ3v) is 2.50. The zero-order chi connectivity index (χ0) is 12.0. The maximum atomic E-state index is 11.6. The van der Waals surface area contributed by atoms with Crippen LogP contribution in [0.15, 0.2) is 36.9 Å². The lowest BCUT2D eigenvalue weighted by Crippen LogP contribution is -2.35. The van der Waals surface area contributed by atoms with E-state index in [1.807, 2.05) is 31.2 Å². The summed E-state index contributed by atoms with van der Waals surface area (Å²) in [6.45, 7) is 6.85. The van der Waals surface area contributed by atoms with Crippen LogP contribution < -0.4 is 5.73 Å². The summed E-state index contributed by atoms with van der Waals surface area (Å²) in [5.74, 6) is -0.0526. The Balaban J connectivity index is 2.79. The summed E-state index contributed by atoms with van der Waals surface area (Å²) in [6, 6.07) is 8.02. The molecule has 0 aliphatic heterocycles. The Morgan fingerprint density at radius 1 is 1.50 bits per heavy atom. The van der Waals surface area contributed by atoms with Gasteiger partial charge in [-0.05, 0) is 18.1 Å². The molecule has 0 aliphatic rings. The largest absolute Gasteiger partial charge is 0.334 e. The van der Waals surface area contributed by atoms with Gasteiger partial charge in [-0.25, -0.2) is 0 Å². The minimum atomic E-state index is -0.0526. The van der Waals surface area contributed by atoms with Gasteiger partial charge in [0.25, 0.3) is 0 Å². The minimum Gasteiger partial charge on any atom is -0.334 e. The number of hydrogen-bond donors (Lipinski definition) is 1. The number of nitrogens with zero attached hydrogens (tertiary/aromatic N) is 1. The van der Waals surface area contributed by atoms with Crippen molar-refractivity contribution in [3.8, 4) is 0 Å². The average Bonchev–Trinajstić information content (AvgIpc) is 2.30. The average molecular weight is 218 g/mol. The van der Waals surface area contributed by atoms with Crippen LogP contribution in [0.25, 0.3) is 0 Å². The van der Waals surface area contributed by atoms with Crippen molar-refractivity contribution in [3.05, 3.63) is 48.0 Å². The molecule has 3 nitrogen and oxygen atoms in total. The van der Waals surface area contributed by atoms with Crippen LogP contribution in [-0.2, 0) is 11.3 Å². The van der Waals surface area contributed by atoms with Gasteiger partial charge in [-0.1, -0.05) is 30.3 Å². The third-order valence-electron chi connectivity index (χ3n) is 2.50. The fourth-order valence-electron chi connectivity index (χ4n) is 1.53. The second-order valence-electron chi connectivity index (χ2n) is 3.69. The topological polar surface area (TPSA) is 46.3 Å². The van der Waals surface area contributed by atoms with Gasteiger partial charge in [0.15, 0.2) is 0 Å². The molecular formula is C13H18N2O. The predicted octanol–water partition coefficient (Wildman–Crippen LogP) is 1.47. The van der Waals surface area contributed by atoms with Gasteiger partial charge < -0.3 is 10.6 Å². The SMILES string of the molecule is C=CCN(Cc1ccccc1C)C(=O)CN. The lowest BCUT2D eigenvalue weighted by molar-refractivity contribution is -0.129. The molecule has 1 aromatic carbocycles. The van der Waals surface area contributed by atoms with E-state index >= 15 is 0 Å². The maximum absolute atomic E-state index is 11.6. The Bertz CT molecular complexity index is 374. The van der Waals surface area contributed by atoms with Crippen molar-refractivity contribution in [2.24, 2.45) is 5.73 Å². The molecule has 1 aromatic rings. The molecule has 0 atom stereocenters. The molecule has 0 radical (unpaired) electrons. The van der Waals surface area contributed by atoms with E-state index in [9.17, 15) is 4.79 Å². The molecule has 16 heavy (non-hydrogen) atoms. The molecule has 0 aliphatic carbocycles. The van der Waals surface area contributed by atoms with Gasteiger partial charge in [0.1, 0.15) is 0 Å². The Morgan fingerprint density at radius 2 is 2.19 bits per heavy atom. The standard InChI is InChI=1S/C13H18N2O/c1-3-8-15(13(16)9-14)10-12-7-5-4-6-11(12)2/h3-7H,1,8-10,14H2,2H3. The molecule has 86 valence electrons. The van der Waals surface area contributed by atoms with Crippen LogP contribution >= 0.6 is 0 Å². The molecule has 3 heteroatoms. The van der Waals surface area contributed by atoms with Crippen molar-refractivity contribution in [3.63, 3.8) is 0 Å². The molecule has 0 saturated heterocycles. The zero-order valence-electron chi connectivity index (χ0n) is 9.65. The van der Waals surface area contributed by atoms with Gasteiger partial charge in [-0.2, -0.15) is 0 Å². The first-order valence-corrected chi connectivity index (χ1v) is 5.32.